The summed E-state index contributed by atoms with van der Waals surface area (Å²) in [4.78, 5) is 28.7. The third-order valence-electron chi connectivity index (χ3n) is 6.45. The average Bonchev–Trinajstić information content (AvgIpc) is 2.95. The number of nitrogens with one attached hydrogen (secondary N) is 1. The maximum Gasteiger partial charge on any atom is 0.264 e. The third-order valence-corrected chi connectivity index (χ3v) is 8.72. The van der Waals surface area contributed by atoms with Gasteiger partial charge in [0.15, 0.2) is 0 Å². The first-order chi connectivity index (χ1) is 19.1. The molecule has 0 aliphatic heterocycles. The zero-order valence-electron chi connectivity index (χ0n) is 23.2. The van der Waals surface area contributed by atoms with Crippen LogP contribution in [0.25, 0.3) is 0 Å². The molecular formula is C30H36BrN3O5S. The molecule has 0 aromatic heterocycles. The van der Waals surface area contributed by atoms with E-state index in [4.69, 9.17) is 4.74 Å². The van der Waals surface area contributed by atoms with Gasteiger partial charge in [-0.15, -0.1) is 0 Å². The van der Waals surface area contributed by atoms with Crippen LogP contribution in [0, 0.1) is 0 Å². The number of carbonyl (C=O) groups is 2. The second-order valence-electron chi connectivity index (χ2n) is 9.37. The highest BCUT2D eigenvalue weighted by Gasteiger charge is 2.34. The number of carbonyl (C=O) groups excluding carboxylic acids is 2. The lowest BCUT2D eigenvalue weighted by molar-refractivity contribution is -0.139. The van der Waals surface area contributed by atoms with Crippen molar-refractivity contribution in [2.75, 3.05) is 17.5 Å². The molecule has 0 heterocycles. The molecule has 0 saturated carbocycles. The molecule has 0 radical (unpaired) electrons. The van der Waals surface area contributed by atoms with Gasteiger partial charge in [0.25, 0.3) is 10.0 Å². The van der Waals surface area contributed by atoms with Gasteiger partial charge in [-0.3, -0.25) is 13.9 Å². The summed E-state index contributed by atoms with van der Waals surface area (Å²) in [7, 11) is -4.17. The van der Waals surface area contributed by atoms with Crippen LogP contribution in [0.1, 0.15) is 39.7 Å². The number of amides is 2. The van der Waals surface area contributed by atoms with Crippen molar-refractivity contribution in [3.63, 3.8) is 0 Å². The van der Waals surface area contributed by atoms with Crippen LogP contribution in [0.4, 0.5) is 5.69 Å². The Bertz CT molecular complexity index is 1400. The maximum atomic E-state index is 14.1. The minimum absolute atomic E-state index is 0.0372. The summed E-state index contributed by atoms with van der Waals surface area (Å²) < 4.78 is 35.5. The van der Waals surface area contributed by atoms with Crippen molar-refractivity contribution in [2.45, 2.75) is 57.6 Å². The van der Waals surface area contributed by atoms with E-state index in [1.54, 1.807) is 56.3 Å². The van der Waals surface area contributed by atoms with Gasteiger partial charge in [-0.25, -0.2) is 8.42 Å². The summed E-state index contributed by atoms with van der Waals surface area (Å²) in [5, 5.41) is 2.93. The van der Waals surface area contributed by atoms with Crippen LogP contribution in [0.2, 0.25) is 0 Å². The van der Waals surface area contributed by atoms with Crippen molar-refractivity contribution in [1.29, 1.82) is 0 Å². The fraction of sp³-hybridized carbons (Fsp3) is 0.333. The molecule has 2 amide bonds. The molecule has 8 nitrogen and oxygen atoms in total. The van der Waals surface area contributed by atoms with Crippen molar-refractivity contribution < 1.29 is 22.7 Å². The Labute approximate surface area is 245 Å². The van der Waals surface area contributed by atoms with Crippen LogP contribution in [0.5, 0.6) is 5.75 Å². The molecule has 40 heavy (non-hydrogen) atoms. The van der Waals surface area contributed by atoms with E-state index >= 15 is 0 Å². The molecule has 214 valence electrons. The number of ether oxygens (including phenoxy) is 1. The van der Waals surface area contributed by atoms with Gasteiger partial charge in [0, 0.05) is 17.1 Å². The highest BCUT2D eigenvalue weighted by Crippen LogP contribution is 2.33. The first-order valence-corrected chi connectivity index (χ1v) is 15.5. The van der Waals surface area contributed by atoms with Crippen molar-refractivity contribution >= 4 is 43.5 Å². The van der Waals surface area contributed by atoms with E-state index in [2.05, 4.69) is 21.2 Å². The van der Waals surface area contributed by atoms with E-state index in [0.717, 1.165) is 20.8 Å². The molecule has 2 atom stereocenters. The van der Waals surface area contributed by atoms with E-state index in [1.165, 1.54) is 17.0 Å². The lowest BCUT2D eigenvalue weighted by Gasteiger charge is -2.33. The minimum atomic E-state index is -4.17. The third kappa shape index (κ3) is 7.85. The van der Waals surface area contributed by atoms with Crippen molar-refractivity contribution in [1.82, 2.24) is 10.2 Å². The Morgan fingerprint density at radius 1 is 0.950 bits per heavy atom. The van der Waals surface area contributed by atoms with Gasteiger partial charge >= 0.3 is 0 Å². The lowest BCUT2D eigenvalue weighted by Crippen LogP contribution is -2.52. The number of halogens is 1. The predicted molar refractivity (Wildman–Crippen MR) is 161 cm³/mol. The fourth-order valence-corrected chi connectivity index (χ4v) is 5.95. The molecule has 0 aliphatic carbocycles. The molecule has 0 aliphatic rings. The van der Waals surface area contributed by atoms with E-state index in [1.807, 2.05) is 38.1 Å². The summed E-state index contributed by atoms with van der Waals surface area (Å²) >= 11 is 3.46. The molecule has 3 rings (SSSR count). The van der Waals surface area contributed by atoms with Crippen LogP contribution in [-0.2, 0) is 26.2 Å². The van der Waals surface area contributed by atoms with E-state index in [0.29, 0.717) is 12.4 Å². The first kappa shape index (κ1) is 31.2. The zero-order chi connectivity index (χ0) is 29.3. The highest BCUT2D eigenvalue weighted by atomic mass is 79.9. The number of para-hydroxylation sites is 2. The number of nitrogens with zero attached hydrogens (tertiary/aromatic N) is 2. The van der Waals surface area contributed by atoms with Gasteiger partial charge in [-0.05, 0) is 69.2 Å². The van der Waals surface area contributed by atoms with Gasteiger partial charge in [-0.1, -0.05) is 65.3 Å². The maximum absolute atomic E-state index is 14.1. The first-order valence-electron chi connectivity index (χ1n) is 13.2. The Morgan fingerprint density at radius 3 is 2.27 bits per heavy atom. The number of hydrogen-bond acceptors (Lipinski definition) is 5. The van der Waals surface area contributed by atoms with Gasteiger partial charge < -0.3 is 15.0 Å². The largest absolute Gasteiger partial charge is 0.492 e. The number of anilines is 1. The monoisotopic (exact) mass is 629 g/mol. The highest BCUT2D eigenvalue weighted by molar-refractivity contribution is 9.10. The molecule has 0 fully saturated rings. The number of benzene rings is 3. The molecular weight excluding hydrogens is 594 g/mol. The molecule has 1 N–H and O–H groups in total. The number of rotatable bonds is 13. The summed E-state index contributed by atoms with van der Waals surface area (Å²) in [5.74, 6) is -0.513. The average molecular weight is 631 g/mol. The minimum Gasteiger partial charge on any atom is -0.492 e. The normalized spacial score (nSPS) is 12.7. The van der Waals surface area contributed by atoms with E-state index in [-0.39, 0.29) is 29.1 Å². The summed E-state index contributed by atoms with van der Waals surface area (Å²) in [6, 6.07) is 21.1. The van der Waals surface area contributed by atoms with Crippen LogP contribution in [0.3, 0.4) is 0 Å². The summed E-state index contributed by atoms with van der Waals surface area (Å²) in [6.07, 6.45) is 0.731. The standard InChI is InChI=1S/C30H36BrN3O5S/c1-5-22(3)32-30(36)23(4)33(20-24-13-12-14-25(31)19-24)29(35)21-34(27-17-10-11-18-28(27)39-6-2)40(37,38)26-15-8-7-9-16-26/h7-19,22-23H,5-6,20-21H2,1-4H3,(H,32,36). The Morgan fingerprint density at radius 2 is 1.62 bits per heavy atom. The van der Waals surface area contributed by atoms with Gasteiger partial charge in [0.05, 0.1) is 17.2 Å². The van der Waals surface area contributed by atoms with Crippen LogP contribution >= 0.6 is 15.9 Å². The number of hydrogen-bond donors (Lipinski definition) is 1. The molecule has 10 heteroatoms. The Hall–Kier alpha value is -3.37. The second-order valence-corrected chi connectivity index (χ2v) is 12.1. The summed E-state index contributed by atoms with van der Waals surface area (Å²) in [5.41, 5.74) is 1.03. The van der Waals surface area contributed by atoms with Crippen LogP contribution in [0.15, 0.2) is 88.2 Å². The van der Waals surface area contributed by atoms with Gasteiger partial charge in [0.1, 0.15) is 18.3 Å². The fourth-order valence-electron chi connectivity index (χ4n) is 4.05. The Kier molecular flexibility index (Phi) is 11.2. The molecule has 3 aromatic carbocycles. The number of sulfonamides is 1. The van der Waals surface area contributed by atoms with Crippen LogP contribution < -0.4 is 14.4 Å². The SMILES string of the molecule is CCOc1ccccc1N(CC(=O)N(Cc1cccc(Br)c1)C(C)C(=O)NC(C)CC)S(=O)(=O)c1ccccc1. The van der Waals surface area contributed by atoms with Crippen molar-refractivity contribution in [3.05, 3.63) is 88.9 Å². The van der Waals surface area contributed by atoms with Gasteiger partial charge in [0.2, 0.25) is 11.8 Å². The molecule has 2 unspecified atom stereocenters. The lowest BCUT2D eigenvalue weighted by atomic mass is 10.1. The van der Waals surface area contributed by atoms with E-state index < -0.39 is 28.5 Å². The predicted octanol–water partition coefficient (Wildman–Crippen LogP) is 5.38. The zero-order valence-corrected chi connectivity index (χ0v) is 25.6. The second kappa shape index (κ2) is 14.3. The van der Waals surface area contributed by atoms with Crippen LogP contribution in [-0.4, -0.2) is 50.4 Å². The van der Waals surface area contributed by atoms with Crippen molar-refractivity contribution in [3.8, 4) is 5.75 Å². The molecule has 0 bridgehead atoms. The summed E-state index contributed by atoms with van der Waals surface area (Å²) in [6.45, 7) is 7.20. The molecule has 0 saturated heterocycles. The molecule has 3 aromatic rings. The topological polar surface area (TPSA) is 96.0 Å². The smallest absolute Gasteiger partial charge is 0.264 e. The Balaban J connectivity index is 2.06. The van der Waals surface area contributed by atoms with Crippen molar-refractivity contribution in [2.24, 2.45) is 0 Å². The van der Waals surface area contributed by atoms with Gasteiger partial charge in [-0.2, -0.15) is 0 Å². The van der Waals surface area contributed by atoms with E-state index in [9.17, 15) is 18.0 Å². The quantitative estimate of drug-likeness (QED) is 0.274. The molecule has 0 spiro atoms.